The first kappa shape index (κ1) is 19.7. The van der Waals surface area contributed by atoms with Gasteiger partial charge in [-0.25, -0.2) is 4.68 Å². The lowest BCUT2D eigenvalue weighted by Gasteiger charge is -2.09. The third-order valence-electron chi connectivity index (χ3n) is 3.98. The SMILES string of the molecule is CCOc1ccc(-c2ccc(=O)n(CC(=O)Nc3ccc([N+](=O)[O-])cc3)n2)cc1. The molecule has 2 aromatic carbocycles. The second-order valence-corrected chi connectivity index (χ2v) is 6.02. The van der Waals surface area contributed by atoms with Crippen molar-refractivity contribution in [1.82, 2.24) is 9.78 Å². The van der Waals surface area contributed by atoms with E-state index < -0.39 is 16.4 Å². The summed E-state index contributed by atoms with van der Waals surface area (Å²) in [6.07, 6.45) is 0. The summed E-state index contributed by atoms with van der Waals surface area (Å²) in [5, 5.41) is 17.5. The van der Waals surface area contributed by atoms with Gasteiger partial charge in [0.05, 0.1) is 17.2 Å². The minimum absolute atomic E-state index is 0.0797. The van der Waals surface area contributed by atoms with Crippen LogP contribution in [0, 0.1) is 10.1 Å². The Kier molecular flexibility index (Phi) is 5.98. The number of hydrogen-bond donors (Lipinski definition) is 1. The lowest BCUT2D eigenvalue weighted by Crippen LogP contribution is -2.29. The summed E-state index contributed by atoms with van der Waals surface area (Å²) in [6, 6.07) is 15.6. The van der Waals surface area contributed by atoms with Crippen LogP contribution in [0.15, 0.2) is 65.5 Å². The molecule has 0 atom stereocenters. The number of nitro groups is 1. The summed E-state index contributed by atoms with van der Waals surface area (Å²) in [7, 11) is 0. The number of hydrogen-bond acceptors (Lipinski definition) is 6. The third-order valence-corrected chi connectivity index (χ3v) is 3.98. The van der Waals surface area contributed by atoms with Crippen molar-refractivity contribution in [3.05, 3.63) is 81.1 Å². The van der Waals surface area contributed by atoms with Crippen LogP contribution in [0.25, 0.3) is 11.3 Å². The molecule has 3 rings (SSSR count). The predicted octanol–water partition coefficient (Wildman–Crippen LogP) is 2.86. The molecule has 0 bridgehead atoms. The fourth-order valence-electron chi connectivity index (χ4n) is 2.61. The van der Waals surface area contributed by atoms with E-state index in [-0.39, 0.29) is 12.2 Å². The maximum Gasteiger partial charge on any atom is 0.269 e. The lowest BCUT2D eigenvalue weighted by molar-refractivity contribution is -0.384. The van der Waals surface area contributed by atoms with Crippen LogP contribution in [0.2, 0.25) is 0 Å². The second kappa shape index (κ2) is 8.79. The van der Waals surface area contributed by atoms with Crippen LogP contribution >= 0.6 is 0 Å². The molecule has 0 saturated carbocycles. The van der Waals surface area contributed by atoms with Crippen LogP contribution in [0.5, 0.6) is 5.75 Å². The van der Waals surface area contributed by atoms with Gasteiger partial charge >= 0.3 is 0 Å². The summed E-state index contributed by atoms with van der Waals surface area (Å²) in [5.74, 6) is 0.254. The van der Waals surface area contributed by atoms with Gasteiger partial charge in [-0.05, 0) is 49.4 Å². The average Bonchev–Trinajstić information content (AvgIpc) is 2.71. The molecule has 0 spiro atoms. The van der Waals surface area contributed by atoms with Gasteiger partial charge in [0.15, 0.2) is 0 Å². The molecule has 0 aliphatic rings. The molecule has 9 nitrogen and oxygen atoms in total. The molecule has 1 amide bonds. The molecule has 9 heteroatoms. The molecule has 1 heterocycles. The van der Waals surface area contributed by atoms with Crippen molar-refractivity contribution in [2.24, 2.45) is 0 Å². The van der Waals surface area contributed by atoms with Crippen molar-refractivity contribution in [1.29, 1.82) is 0 Å². The molecule has 1 N–H and O–H groups in total. The van der Waals surface area contributed by atoms with E-state index in [4.69, 9.17) is 4.74 Å². The first-order chi connectivity index (χ1) is 14.0. The Bertz CT molecular complexity index is 1080. The van der Waals surface area contributed by atoms with E-state index in [2.05, 4.69) is 10.4 Å². The normalized spacial score (nSPS) is 10.4. The summed E-state index contributed by atoms with van der Waals surface area (Å²) >= 11 is 0. The fraction of sp³-hybridized carbons (Fsp3) is 0.150. The van der Waals surface area contributed by atoms with Gasteiger partial charge in [-0.1, -0.05) is 0 Å². The molecule has 0 aliphatic heterocycles. The molecule has 0 aliphatic carbocycles. The maximum absolute atomic E-state index is 12.3. The van der Waals surface area contributed by atoms with E-state index in [1.165, 1.54) is 30.3 Å². The highest BCUT2D eigenvalue weighted by Crippen LogP contribution is 2.20. The number of benzene rings is 2. The van der Waals surface area contributed by atoms with Crippen molar-refractivity contribution in [3.63, 3.8) is 0 Å². The van der Waals surface area contributed by atoms with Gasteiger partial charge in [-0.15, -0.1) is 0 Å². The van der Waals surface area contributed by atoms with Gasteiger partial charge in [-0.2, -0.15) is 5.10 Å². The third kappa shape index (κ3) is 5.04. The minimum atomic E-state index is -0.526. The Morgan fingerprint density at radius 3 is 2.41 bits per heavy atom. The number of nitrogens with one attached hydrogen (secondary N) is 1. The van der Waals surface area contributed by atoms with E-state index in [9.17, 15) is 19.7 Å². The fourth-order valence-corrected chi connectivity index (χ4v) is 2.61. The average molecular weight is 394 g/mol. The Balaban J connectivity index is 1.73. The highest BCUT2D eigenvalue weighted by Gasteiger charge is 2.10. The highest BCUT2D eigenvalue weighted by atomic mass is 16.6. The number of nitrogens with zero attached hydrogens (tertiary/aromatic N) is 3. The van der Waals surface area contributed by atoms with Crippen LogP contribution in [-0.2, 0) is 11.3 Å². The molecule has 0 fully saturated rings. The Morgan fingerprint density at radius 1 is 1.10 bits per heavy atom. The van der Waals surface area contributed by atoms with Gasteiger partial charge < -0.3 is 10.1 Å². The second-order valence-electron chi connectivity index (χ2n) is 6.02. The quantitative estimate of drug-likeness (QED) is 0.486. The largest absolute Gasteiger partial charge is 0.494 e. The van der Waals surface area contributed by atoms with E-state index in [0.717, 1.165) is 16.0 Å². The summed E-state index contributed by atoms with van der Waals surface area (Å²) in [6.45, 7) is 2.17. The monoisotopic (exact) mass is 394 g/mol. The Hall–Kier alpha value is -4.01. The van der Waals surface area contributed by atoms with Crippen molar-refractivity contribution < 1.29 is 14.5 Å². The summed E-state index contributed by atoms with van der Waals surface area (Å²) in [4.78, 5) is 34.5. The number of aromatic nitrogens is 2. The Labute approximate surface area is 165 Å². The maximum atomic E-state index is 12.3. The number of nitro benzene ring substituents is 1. The van der Waals surface area contributed by atoms with Gasteiger partial charge in [0.2, 0.25) is 5.91 Å². The van der Waals surface area contributed by atoms with Crippen molar-refractivity contribution >= 4 is 17.3 Å². The molecular formula is C20H18N4O5. The first-order valence-electron chi connectivity index (χ1n) is 8.82. The van der Waals surface area contributed by atoms with E-state index >= 15 is 0 Å². The van der Waals surface area contributed by atoms with Crippen LogP contribution in [-0.4, -0.2) is 27.2 Å². The van der Waals surface area contributed by atoms with Crippen molar-refractivity contribution in [2.75, 3.05) is 11.9 Å². The topological polar surface area (TPSA) is 116 Å². The van der Waals surface area contributed by atoms with Crippen molar-refractivity contribution in [2.45, 2.75) is 13.5 Å². The molecular weight excluding hydrogens is 376 g/mol. The summed E-state index contributed by atoms with van der Waals surface area (Å²) < 4.78 is 6.47. The highest BCUT2D eigenvalue weighted by molar-refractivity contribution is 5.90. The molecule has 148 valence electrons. The number of carbonyl (C=O) groups is 1. The zero-order valence-electron chi connectivity index (χ0n) is 15.6. The van der Waals surface area contributed by atoms with Crippen LogP contribution in [0.3, 0.4) is 0 Å². The van der Waals surface area contributed by atoms with Gasteiger partial charge in [-0.3, -0.25) is 19.7 Å². The minimum Gasteiger partial charge on any atom is -0.494 e. The smallest absolute Gasteiger partial charge is 0.269 e. The number of amides is 1. The molecule has 0 unspecified atom stereocenters. The molecule has 0 radical (unpaired) electrons. The zero-order valence-corrected chi connectivity index (χ0v) is 15.6. The van der Waals surface area contributed by atoms with E-state index in [0.29, 0.717) is 18.0 Å². The van der Waals surface area contributed by atoms with E-state index in [1.54, 1.807) is 18.2 Å². The number of carbonyl (C=O) groups excluding carboxylic acids is 1. The molecule has 3 aromatic rings. The van der Waals surface area contributed by atoms with E-state index in [1.807, 2.05) is 19.1 Å². The van der Waals surface area contributed by atoms with Gasteiger partial charge in [0.25, 0.3) is 11.2 Å². The number of ether oxygens (including phenoxy) is 1. The number of non-ortho nitro benzene ring substituents is 1. The van der Waals surface area contributed by atoms with Crippen LogP contribution < -0.4 is 15.6 Å². The number of anilines is 1. The molecule has 29 heavy (non-hydrogen) atoms. The lowest BCUT2D eigenvalue weighted by atomic mass is 10.1. The molecule has 0 saturated heterocycles. The number of rotatable bonds is 7. The predicted molar refractivity (Wildman–Crippen MR) is 107 cm³/mol. The summed E-state index contributed by atoms with van der Waals surface area (Å²) in [5.41, 5.74) is 1.20. The molecule has 1 aromatic heterocycles. The van der Waals surface area contributed by atoms with Gasteiger partial charge in [0.1, 0.15) is 12.3 Å². The standard InChI is InChI=1S/C20H18N4O5/c1-2-29-17-9-3-14(4-10-17)18-11-12-20(26)23(22-18)13-19(25)21-15-5-7-16(8-6-15)24(27)28/h3-12H,2,13H2,1H3,(H,21,25). The van der Waals surface area contributed by atoms with Crippen LogP contribution in [0.1, 0.15) is 6.92 Å². The zero-order chi connectivity index (χ0) is 20.8. The first-order valence-corrected chi connectivity index (χ1v) is 8.82. The van der Waals surface area contributed by atoms with Crippen molar-refractivity contribution in [3.8, 4) is 17.0 Å². The Morgan fingerprint density at radius 2 is 1.79 bits per heavy atom. The van der Waals surface area contributed by atoms with Gasteiger partial charge in [0, 0.05) is 29.4 Å². The van der Waals surface area contributed by atoms with Crippen LogP contribution in [0.4, 0.5) is 11.4 Å².